The Bertz CT molecular complexity index is 789. The van der Waals surface area contributed by atoms with E-state index in [-0.39, 0.29) is 5.91 Å². The fraction of sp³-hybridized carbons (Fsp3) is 0.400. The van der Waals surface area contributed by atoms with E-state index in [4.69, 9.17) is 0 Å². The number of benzene rings is 1. The van der Waals surface area contributed by atoms with Crippen molar-refractivity contribution in [2.75, 3.05) is 19.6 Å². The molecule has 2 heterocycles. The van der Waals surface area contributed by atoms with Crippen LogP contribution in [0.15, 0.2) is 39.9 Å². The third-order valence-electron chi connectivity index (χ3n) is 4.76. The first-order chi connectivity index (χ1) is 12.5. The third kappa shape index (κ3) is 4.62. The summed E-state index contributed by atoms with van der Waals surface area (Å²) in [7, 11) is 0. The molecule has 0 aliphatic carbocycles. The molecule has 1 saturated heterocycles. The van der Waals surface area contributed by atoms with Gasteiger partial charge in [0, 0.05) is 27.1 Å². The molecular weight excluding hydrogens is 392 g/mol. The predicted octanol–water partition coefficient (Wildman–Crippen LogP) is 3.79. The topological polar surface area (TPSA) is 49.6 Å². The highest BCUT2D eigenvalue weighted by Crippen LogP contribution is 2.21. The second kappa shape index (κ2) is 8.64. The van der Waals surface area contributed by atoms with Crippen LogP contribution in [0.25, 0.3) is 5.69 Å². The summed E-state index contributed by atoms with van der Waals surface area (Å²) in [5, 5.41) is 4.16. The lowest BCUT2D eigenvalue weighted by Crippen LogP contribution is -2.38. The zero-order chi connectivity index (χ0) is 18.5. The molecule has 0 bridgehead atoms. The largest absolute Gasteiger partial charge is 0.318 e. The fourth-order valence-electron chi connectivity index (χ4n) is 3.44. The second-order valence-corrected chi connectivity index (χ2v) is 7.68. The summed E-state index contributed by atoms with van der Waals surface area (Å²) in [5.74, 6) is -0.0510. The van der Waals surface area contributed by atoms with Crippen LogP contribution in [-0.2, 0) is 4.79 Å². The molecule has 2 aromatic rings. The SMILES string of the molecule is Cc1cc(/C=N/NC(=O)CN2CCCCC2)c(C)n1-c1ccc(Br)cc1. The van der Waals surface area contributed by atoms with Crippen molar-refractivity contribution in [3.05, 3.63) is 51.8 Å². The molecule has 1 amide bonds. The van der Waals surface area contributed by atoms with Gasteiger partial charge in [0.15, 0.2) is 0 Å². The Morgan fingerprint density at radius 3 is 2.58 bits per heavy atom. The number of halogens is 1. The highest BCUT2D eigenvalue weighted by Gasteiger charge is 2.13. The number of nitrogens with one attached hydrogen (secondary N) is 1. The lowest BCUT2D eigenvalue weighted by molar-refractivity contribution is -0.122. The number of carbonyl (C=O) groups is 1. The Kier molecular flexibility index (Phi) is 6.27. The van der Waals surface area contributed by atoms with Gasteiger partial charge in [-0.25, -0.2) is 5.43 Å². The number of piperidine rings is 1. The summed E-state index contributed by atoms with van der Waals surface area (Å²) in [6, 6.07) is 10.3. The molecule has 6 heteroatoms. The van der Waals surface area contributed by atoms with E-state index < -0.39 is 0 Å². The number of likely N-dealkylation sites (tertiary alicyclic amines) is 1. The summed E-state index contributed by atoms with van der Waals surface area (Å²) in [5.41, 5.74) is 6.99. The Morgan fingerprint density at radius 2 is 1.88 bits per heavy atom. The number of rotatable bonds is 5. The van der Waals surface area contributed by atoms with Crippen LogP contribution in [0.1, 0.15) is 36.2 Å². The lowest BCUT2D eigenvalue weighted by Gasteiger charge is -2.25. The third-order valence-corrected chi connectivity index (χ3v) is 5.29. The Hall–Kier alpha value is -1.92. The highest BCUT2D eigenvalue weighted by molar-refractivity contribution is 9.10. The number of hydrazone groups is 1. The van der Waals surface area contributed by atoms with E-state index in [2.05, 4.69) is 68.0 Å². The molecule has 0 unspecified atom stereocenters. The van der Waals surface area contributed by atoms with E-state index in [1.807, 2.05) is 12.1 Å². The first kappa shape index (κ1) is 18.9. The van der Waals surface area contributed by atoms with E-state index in [0.717, 1.165) is 40.2 Å². The molecule has 1 fully saturated rings. The van der Waals surface area contributed by atoms with Gasteiger partial charge in [-0.05, 0) is 70.1 Å². The summed E-state index contributed by atoms with van der Waals surface area (Å²) in [6.45, 7) is 6.57. The number of aryl methyl sites for hydroxylation is 1. The van der Waals surface area contributed by atoms with Crippen LogP contribution in [-0.4, -0.2) is 41.2 Å². The second-order valence-electron chi connectivity index (χ2n) is 6.77. The maximum atomic E-state index is 12.0. The molecule has 0 atom stereocenters. The molecule has 5 nitrogen and oxygen atoms in total. The number of hydrogen-bond donors (Lipinski definition) is 1. The molecule has 26 heavy (non-hydrogen) atoms. The molecular formula is C20H25BrN4O. The van der Waals surface area contributed by atoms with Crippen LogP contribution in [0, 0.1) is 13.8 Å². The monoisotopic (exact) mass is 416 g/mol. The van der Waals surface area contributed by atoms with Gasteiger partial charge in [-0.1, -0.05) is 22.4 Å². The van der Waals surface area contributed by atoms with Gasteiger partial charge in [0.05, 0.1) is 12.8 Å². The maximum Gasteiger partial charge on any atom is 0.254 e. The number of aromatic nitrogens is 1. The standard InChI is InChI=1S/C20H25BrN4O/c1-15-12-17(16(2)25(15)19-8-6-18(21)7-9-19)13-22-23-20(26)14-24-10-4-3-5-11-24/h6-9,12-13H,3-5,10-11,14H2,1-2H3,(H,23,26)/b22-13+. The molecule has 1 N–H and O–H groups in total. The van der Waals surface area contributed by atoms with Crippen LogP contribution >= 0.6 is 15.9 Å². The molecule has 0 spiro atoms. The number of carbonyl (C=O) groups excluding carboxylic acids is 1. The maximum absolute atomic E-state index is 12.0. The smallest absolute Gasteiger partial charge is 0.254 e. The van der Waals surface area contributed by atoms with Gasteiger partial charge in [-0.3, -0.25) is 9.69 Å². The van der Waals surface area contributed by atoms with Crippen molar-refractivity contribution in [3.8, 4) is 5.69 Å². The molecule has 3 rings (SSSR count). The molecule has 1 aliphatic heterocycles. The zero-order valence-corrected chi connectivity index (χ0v) is 16.9. The van der Waals surface area contributed by atoms with Gasteiger partial charge in [-0.15, -0.1) is 0 Å². The number of hydrogen-bond acceptors (Lipinski definition) is 3. The lowest BCUT2D eigenvalue weighted by atomic mass is 10.1. The van der Waals surface area contributed by atoms with E-state index in [9.17, 15) is 4.79 Å². The van der Waals surface area contributed by atoms with E-state index >= 15 is 0 Å². The normalized spacial score (nSPS) is 15.5. The highest BCUT2D eigenvalue weighted by atomic mass is 79.9. The van der Waals surface area contributed by atoms with Gasteiger partial charge in [0.25, 0.3) is 5.91 Å². The Balaban J connectivity index is 1.64. The number of amides is 1. The van der Waals surface area contributed by atoms with Crippen molar-refractivity contribution in [2.45, 2.75) is 33.1 Å². The van der Waals surface area contributed by atoms with Crippen molar-refractivity contribution in [3.63, 3.8) is 0 Å². The molecule has 1 aliphatic rings. The average Bonchev–Trinajstić information content (AvgIpc) is 2.90. The molecule has 1 aromatic carbocycles. The zero-order valence-electron chi connectivity index (χ0n) is 15.3. The average molecular weight is 417 g/mol. The van der Waals surface area contributed by atoms with Gasteiger partial charge in [-0.2, -0.15) is 5.10 Å². The van der Waals surface area contributed by atoms with Gasteiger partial charge < -0.3 is 4.57 Å². The Morgan fingerprint density at radius 1 is 1.19 bits per heavy atom. The molecule has 1 aromatic heterocycles. The van der Waals surface area contributed by atoms with Crippen LogP contribution in [0.3, 0.4) is 0 Å². The van der Waals surface area contributed by atoms with Crippen molar-refractivity contribution in [2.24, 2.45) is 5.10 Å². The van der Waals surface area contributed by atoms with Crippen LogP contribution < -0.4 is 5.43 Å². The Labute approximate surface area is 163 Å². The first-order valence-electron chi connectivity index (χ1n) is 9.04. The van der Waals surface area contributed by atoms with Crippen LogP contribution in [0.4, 0.5) is 0 Å². The molecule has 0 saturated carbocycles. The first-order valence-corrected chi connectivity index (χ1v) is 9.83. The summed E-state index contributed by atoms with van der Waals surface area (Å²) in [6.07, 6.45) is 5.35. The van der Waals surface area contributed by atoms with Gasteiger partial charge in [0.1, 0.15) is 0 Å². The number of nitrogens with zero attached hydrogens (tertiary/aromatic N) is 3. The summed E-state index contributed by atoms with van der Waals surface area (Å²) in [4.78, 5) is 14.2. The van der Waals surface area contributed by atoms with Crippen molar-refractivity contribution < 1.29 is 4.79 Å². The van der Waals surface area contributed by atoms with Crippen molar-refractivity contribution in [1.29, 1.82) is 0 Å². The van der Waals surface area contributed by atoms with Crippen LogP contribution in [0.5, 0.6) is 0 Å². The summed E-state index contributed by atoms with van der Waals surface area (Å²) >= 11 is 3.47. The molecule has 138 valence electrons. The minimum absolute atomic E-state index is 0.0510. The van der Waals surface area contributed by atoms with Crippen molar-refractivity contribution in [1.82, 2.24) is 14.9 Å². The quantitative estimate of drug-likeness (QED) is 0.595. The minimum Gasteiger partial charge on any atom is -0.318 e. The van der Waals surface area contributed by atoms with E-state index in [1.54, 1.807) is 6.21 Å². The van der Waals surface area contributed by atoms with Gasteiger partial charge in [0.2, 0.25) is 0 Å². The van der Waals surface area contributed by atoms with Crippen molar-refractivity contribution >= 4 is 28.1 Å². The van der Waals surface area contributed by atoms with E-state index in [0.29, 0.717) is 6.54 Å². The fourth-order valence-corrected chi connectivity index (χ4v) is 3.70. The summed E-state index contributed by atoms with van der Waals surface area (Å²) < 4.78 is 3.24. The van der Waals surface area contributed by atoms with Crippen LogP contribution in [0.2, 0.25) is 0 Å². The van der Waals surface area contributed by atoms with Gasteiger partial charge >= 0.3 is 0 Å². The van der Waals surface area contributed by atoms with E-state index in [1.165, 1.54) is 19.3 Å². The predicted molar refractivity (Wildman–Crippen MR) is 109 cm³/mol. The molecule has 0 radical (unpaired) electrons. The minimum atomic E-state index is -0.0510.